The molecule has 1 atom stereocenters. The third-order valence-corrected chi connectivity index (χ3v) is 8.54. The zero-order valence-electron chi connectivity index (χ0n) is 18.9. The van der Waals surface area contributed by atoms with Gasteiger partial charge in [-0.25, -0.2) is 22.4 Å². The zero-order valence-corrected chi connectivity index (χ0v) is 19.7. The maximum atomic E-state index is 14.3. The monoisotopic (exact) mass is 522 g/mol. The van der Waals surface area contributed by atoms with Gasteiger partial charge in [0.05, 0.1) is 17.5 Å². The van der Waals surface area contributed by atoms with Crippen LogP contribution < -0.4 is 15.4 Å². The van der Waals surface area contributed by atoms with Crippen molar-refractivity contribution in [3.8, 4) is 5.75 Å². The van der Waals surface area contributed by atoms with E-state index in [2.05, 4.69) is 15.4 Å². The number of urea groups is 2. The number of nitrogens with one attached hydrogen (secondary N) is 2. The number of hydrogen-bond acceptors (Lipinski definition) is 5. The van der Waals surface area contributed by atoms with Crippen LogP contribution in [0, 0.1) is 11.2 Å². The molecule has 9 nitrogen and oxygen atoms in total. The lowest BCUT2D eigenvalue weighted by Gasteiger charge is -2.52. The van der Waals surface area contributed by atoms with Crippen molar-refractivity contribution in [2.24, 2.45) is 5.41 Å². The smallest absolute Gasteiger partial charge is 0.406 e. The van der Waals surface area contributed by atoms with E-state index in [-0.39, 0.29) is 48.8 Å². The molecule has 1 aliphatic carbocycles. The van der Waals surface area contributed by atoms with E-state index in [9.17, 15) is 35.6 Å². The molecule has 4 rings (SSSR count). The predicted molar refractivity (Wildman–Crippen MR) is 116 cm³/mol. The Morgan fingerprint density at radius 1 is 1.23 bits per heavy atom. The lowest BCUT2D eigenvalue weighted by Crippen LogP contribution is -2.66. The minimum Gasteiger partial charge on any atom is -0.406 e. The summed E-state index contributed by atoms with van der Waals surface area (Å²) in [4.78, 5) is 28.6. The Bertz CT molecular complexity index is 1100. The molecule has 2 heterocycles. The summed E-state index contributed by atoms with van der Waals surface area (Å²) < 4.78 is 78.9. The van der Waals surface area contributed by atoms with Gasteiger partial charge in [-0.1, -0.05) is 6.07 Å². The third kappa shape index (κ3) is 5.90. The molecule has 3 aliphatic rings. The van der Waals surface area contributed by atoms with Crippen molar-refractivity contribution in [2.75, 3.05) is 31.6 Å². The number of likely N-dealkylation sites (tertiary alicyclic amines) is 1. The van der Waals surface area contributed by atoms with Crippen molar-refractivity contribution in [1.29, 1.82) is 0 Å². The van der Waals surface area contributed by atoms with Gasteiger partial charge in [0.2, 0.25) is 0 Å². The molecule has 3 fully saturated rings. The molecule has 2 N–H and O–H groups in total. The molecule has 1 spiro atoms. The summed E-state index contributed by atoms with van der Waals surface area (Å²) in [7, 11) is -1.71. The van der Waals surface area contributed by atoms with Gasteiger partial charge >= 0.3 is 18.4 Å². The summed E-state index contributed by atoms with van der Waals surface area (Å²) in [5.41, 5.74) is -0.650. The van der Waals surface area contributed by atoms with E-state index in [1.165, 1.54) is 11.9 Å². The quantitative estimate of drug-likeness (QED) is 0.577. The van der Waals surface area contributed by atoms with Crippen LogP contribution in [0.1, 0.15) is 24.8 Å². The summed E-state index contributed by atoms with van der Waals surface area (Å²) in [6, 6.07) is 1.25. The van der Waals surface area contributed by atoms with Crippen LogP contribution in [0.5, 0.6) is 5.75 Å². The Balaban J connectivity index is 1.46. The Hall–Kier alpha value is -2.77. The summed E-state index contributed by atoms with van der Waals surface area (Å²) in [5.74, 6) is -1.78. The van der Waals surface area contributed by atoms with E-state index in [1.54, 1.807) is 4.90 Å². The van der Waals surface area contributed by atoms with Crippen molar-refractivity contribution < 1.29 is 40.3 Å². The van der Waals surface area contributed by atoms with E-state index >= 15 is 0 Å². The zero-order chi connectivity index (χ0) is 25.6. The molecule has 2 saturated heterocycles. The fourth-order valence-corrected chi connectivity index (χ4v) is 7.26. The van der Waals surface area contributed by atoms with Crippen LogP contribution in [0.15, 0.2) is 18.2 Å². The van der Waals surface area contributed by atoms with E-state index < -0.39 is 45.3 Å². The highest BCUT2D eigenvalue weighted by Gasteiger charge is 2.55. The molecule has 14 heteroatoms. The predicted octanol–water partition coefficient (Wildman–Crippen LogP) is 2.23. The molecular formula is C21H26F4N4O5S. The molecule has 0 bridgehead atoms. The van der Waals surface area contributed by atoms with Crippen LogP contribution in [-0.2, 0) is 16.4 Å². The molecule has 194 valence electrons. The first kappa shape index (κ1) is 25.3. The molecule has 4 amide bonds. The average molecular weight is 523 g/mol. The number of hydrogen-bond donors (Lipinski definition) is 2. The second-order valence-electron chi connectivity index (χ2n) is 9.42. The van der Waals surface area contributed by atoms with Gasteiger partial charge < -0.3 is 25.2 Å². The number of carbonyl (C=O) groups is 2. The highest BCUT2D eigenvalue weighted by Crippen LogP contribution is 2.44. The van der Waals surface area contributed by atoms with Crippen molar-refractivity contribution in [1.82, 2.24) is 20.4 Å². The normalized spacial score (nSPS) is 22.8. The number of halogens is 4. The Kier molecular flexibility index (Phi) is 6.53. The van der Waals surface area contributed by atoms with Gasteiger partial charge in [0, 0.05) is 49.8 Å². The van der Waals surface area contributed by atoms with Crippen LogP contribution in [0.2, 0.25) is 0 Å². The fourth-order valence-electron chi connectivity index (χ4n) is 5.06. The maximum absolute atomic E-state index is 14.3. The van der Waals surface area contributed by atoms with Gasteiger partial charge in [-0.05, 0) is 25.3 Å². The average Bonchev–Trinajstić information content (AvgIpc) is 3.54. The topological polar surface area (TPSA) is 108 Å². The van der Waals surface area contributed by atoms with Crippen molar-refractivity contribution >= 4 is 21.9 Å². The third-order valence-electron chi connectivity index (χ3n) is 6.44. The molecule has 1 saturated carbocycles. The highest BCUT2D eigenvalue weighted by molar-refractivity contribution is 7.92. The van der Waals surface area contributed by atoms with Gasteiger partial charge in [-0.3, -0.25) is 0 Å². The number of alkyl halides is 3. The number of amides is 4. The van der Waals surface area contributed by atoms with Crippen LogP contribution in [0.3, 0.4) is 0 Å². The van der Waals surface area contributed by atoms with E-state index in [1.807, 2.05) is 0 Å². The lowest BCUT2D eigenvalue weighted by molar-refractivity contribution is -0.274. The minimum atomic E-state index is -4.95. The number of piperidine rings is 1. The van der Waals surface area contributed by atoms with Gasteiger partial charge in [-0.2, -0.15) is 0 Å². The highest BCUT2D eigenvalue weighted by atomic mass is 32.2. The Morgan fingerprint density at radius 2 is 1.91 bits per heavy atom. The molecule has 0 unspecified atom stereocenters. The van der Waals surface area contributed by atoms with E-state index in [4.69, 9.17) is 0 Å². The molecule has 35 heavy (non-hydrogen) atoms. The van der Waals surface area contributed by atoms with Gasteiger partial charge in [-0.15, -0.1) is 13.2 Å². The first-order valence-electron chi connectivity index (χ1n) is 11.1. The largest absolute Gasteiger partial charge is 0.573 e. The minimum absolute atomic E-state index is 0.0270. The summed E-state index contributed by atoms with van der Waals surface area (Å²) >= 11 is 0. The molecular weight excluding hydrogens is 496 g/mol. The van der Waals surface area contributed by atoms with Crippen LogP contribution in [-0.4, -0.2) is 80.4 Å². The number of nitrogens with zero attached hydrogens (tertiary/aromatic N) is 2. The molecule has 1 aromatic carbocycles. The van der Waals surface area contributed by atoms with Gasteiger partial charge in [0.1, 0.15) is 11.6 Å². The maximum Gasteiger partial charge on any atom is 0.573 e. The second-order valence-corrected chi connectivity index (χ2v) is 11.5. The van der Waals surface area contributed by atoms with Crippen LogP contribution in [0.25, 0.3) is 0 Å². The molecule has 1 aromatic rings. The first-order chi connectivity index (χ1) is 16.3. The van der Waals surface area contributed by atoms with Crippen LogP contribution in [0.4, 0.5) is 27.2 Å². The van der Waals surface area contributed by atoms with Crippen molar-refractivity contribution in [2.45, 2.75) is 44.3 Å². The van der Waals surface area contributed by atoms with E-state index in [0.29, 0.717) is 12.5 Å². The summed E-state index contributed by atoms with van der Waals surface area (Å²) in [6.07, 6.45) is -3.05. The number of benzene rings is 1. The number of sulfone groups is 1. The van der Waals surface area contributed by atoms with Crippen molar-refractivity contribution in [3.05, 3.63) is 29.6 Å². The number of rotatable bonds is 5. The van der Waals surface area contributed by atoms with Gasteiger partial charge in [0.25, 0.3) is 0 Å². The number of carbonyl (C=O) groups excluding carboxylic acids is 2. The molecule has 0 radical (unpaired) electrons. The first-order valence-corrected chi connectivity index (χ1v) is 12.9. The van der Waals surface area contributed by atoms with E-state index in [0.717, 1.165) is 25.0 Å². The molecule has 2 aliphatic heterocycles. The Morgan fingerprint density at radius 3 is 2.46 bits per heavy atom. The van der Waals surface area contributed by atoms with Crippen LogP contribution >= 0.6 is 0 Å². The summed E-state index contributed by atoms with van der Waals surface area (Å²) in [5, 5.41) is 5.15. The number of ether oxygens (including phenoxy) is 1. The fraction of sp³-hybridized carbons (Fsp3) is 0.619. The molecule has 0 aromatic heterocycles. The lowest BCUT2D eigenvalue weighted by atomic mass is 9.80. The summed E-state index contributed by atoms with van der Waals surface area (Å²) in [6.45, 7) is 0.231. The van der Waals surface area contributed by atoms with Crippen molar-refractivity contribution in [3.63, 3.8) is 0 Å². The SMILES string of the molecule is CNC(=O)N1C[C@H](N(C(=O)NCc2ccc(OC(F)(F)F)cc2F)C2CC2)CC2(C1)CS(=O)(=O)C2. The standard InChI is InChI=1S/C21H26F4N4O5S/c1-26-18(30)28-9-15(7-20(10-28)11-35(32,33)12-20)29(14-3-4-14)19(31)27-8-13-2-5-16(6-17(13)22)34-21(23,24)25/h2,5-6,14-15H,3-4,7-12H2,1H3,(H,26,30)(H,27,31)/t15-/m1/s1. The Labute approximate surface area is 199 Å². The van der Waals surface area contributed by atoms with Gasteiger partial charge in [0.15, 0.2) is 9.84 Å². The second kappa shape index (κ2) is 9.03.